The molecule has 0 unspecified atom stereocenters. The first kappa shape index (κ1) is 19.1. The molecule has 0 aromatic heterocycles. The van der Waals surface area contributed by atoms with Gasteiger partial charge in [0, 0.05) is 11.6 Å². The van der Waals surface area contributed by atoms with E-state index >= 15 is 0 Å². The molecule has 2 N–H and O–H groups in total. The SMILES string of the molecule is O=C(O)c1ccc(Cl)c(NCc2ccc(OCc3cccc(Cl)c3)cc2)c1. The zero-order chi connectivity index (χ0) is 19.2. The summed E-state index contributed by atoms with van der Waals surface area (Å²) < 4.78 is 5.76. The molecule has 3 rings (SSSR count). The van der Waals surface area contributed by atoms with Crippen LogP contribution in [0.25, 0.3) is 0 Å². The van der Waals surface area contributed by atoms with Gasteiger partial charge in [0.25, 0.3) is 0 Å². The van der Waals surface area contributed by atoms with Gasteiger partial charge in [0.1, 0.15) is 12.4 Å². The molecule has 0 radical (unpaired) electrons. The molecule has 0 aliphatic heterocycles. The number of rotatable bonds is 7. The molecular formula is C21H17Cl2NO3. The highest BCUT2D eigenvalue weighted by Gasteiger charge is 2.07. The number of anilines is 1. The molecule has 4 nitrogen and oxygen atoms in total. The number of benzene rings is 3. The number of nitrogens with one attached hydrogen (secondary N) is 1. The maximum atomic E-state index is 11.1. The zero-order valence-corrected chi connectivity index (χ0v) is 15.8. The standard InChI is InChI=1S/C21H17Cl2NO3/c22-17-3-1-2-15(10-17)13-27-18-7-4-14(5-8-18)12-24-20-11-16(21(25)26)6-9-19(20)23/h1-11,24H,12-13H2,(H,25,26). The molecule has 0 bridgehead atoms. The van der Waals surface area contributed by atoms with Gasteiger partial charge in [-0.25, -0.2) is 4.79 Å². The third-order valence-electron chi connectivity index (χ3n) is 3.91. The molecular weight excluding hydrogens is 385 g/mol. The van der Waals surface area contributed by atoms with Gasteiger partial charge >= 0.3 is 5.97 Å². The van der Waals surface area contributed by atoms with Gasteiger partial charge in [0.15, 0.2) is 0 Å². The fourth-order valence-electron chi connectivity index (χ4n) is 2.49. The molecule has 0 aliphatic rings. The number of carbonyl (C=O) groups is 1. The fraction of sp³-hybridized carbons (Fsp3) is 0.0952. The molecule has 0 heterocycles. The average molecular weight is 402 g/mol. The molecule has 0 atom stereocenters. The number of carboxylic acid groups (broad SMARTS) is 1. The van der Waals surface area contributed by atoms with Crippen molar-refractivity contribution in [3.8, 4) is 5.75 Å². The number of hydrogen-bond donors (Lipinski definition) is 2. The highest BCUT2D eigenvalue weighted by molar-refractivity contribution is 6.33. The maximum Gasteiger partial charge on any atom is 0.335 e. The summed E-state index contributed by atoms with van der Waals surface area (Å²) in [4.78, 5) is 11.1. The predicted octanol–water partition coefficient (Wildman–Crippen LogP) is 5.88. The summed E-state index contributed by atoms with van der Waals surface area (Å²) in [6.45, 7) is 0.951. The van der Waals surface area contributed by atoms with E-state index < -0.39 is 5.97 Å². The smallest absolute Gasteiger partial charge is 0.335 e. The Morgan fingerprint density at radius 1 is 0.963 bits per heavy atom. The lowest BCUT2D eigenvalue weighted by Crippen LogP contribution is -2.03. The van der Waals surface area contributed by atoms with E-state index in [2.05, 4.69) is 5.32 Å². The Morgan fingerprint density at radius 2 is 1.74 bits per heavy atom. The van der Waals surface area contributed by atoms with Crippen LogP contribution < -0.4 is 10.1 Å². The van der Waals surface area contributed by atoms with Gasteiger partial charge in [-0.15, -0.1) is 0 Å². The Bertz CT molecular complexity index is 942. The molecule has 0 spiro atoms. The largest absolute Gasteiger partial charge is 0.489 e. The molecule has 0 saturated carbocycles. The van der Waals surface area contributed by atoms with Crippen LogP contribution in [0.15, 0.2) is 66.7 Å². The normalized spacial score (nSPS) is 10.4. The topological polar surface area (TPSA) is 58.6 Å². The summed E-state index contributed by atoms with van der Waals surface area (Å²) >= 11 is 12.1. The predicted molar refractivity (Wildman–Crippen MR) is 108 cm³/mol. The minimum Gasteiger partial charge on any atom is -0.489 e. The lowest BCUT2D eigenvalue weighted by Gasteiger charge is -2.11. The highest BCUT2D eigenvalue weighted by Crippen LogP contribution is 2.24. The van der Waals surface area contributed by atoms with Gasteiger partial charge in [0.05, 0.1) is 16.3 Å². The third kappa shape index (κ3) is 5.39. The zero-order valence-electron chi connectivity index (χ0n) is 14.3. The van der Waals surface area contributed by atoms with Crippen LogP contribution in [0.2, 0.25) is 10.0 Å². The Labute approximate surface area is 167 Å². The number of carboxylic acids is 1. The molecule has 3 aromatic carbocycles. The molecule has 0 fully saturated rings. The molecule has 138 valence electrons. The maximum absolute atomic E-state index is 11.1. The second-order valence-electron chi connectivity index (χ2n) is 5.92. The van der Waals surface area contributed by atoms with Crippen molar-refractivity contribution in [2.45, 2.75) is 13.2 Å². The van der Waals surface area contributed by atoms with Crippen molar-refractivity contribution < 1.29 is 14.6 Å². The molecule has 0 aliphatic carbocycles. The molecule has 6 heteroatoms. The summed E-state index contributed by atoms with van der Waals surface area (Å²) in [6, 6.07) is 19.8. The molecule has 27 heavy (non-hydrogen) atoms. The quantitative estimate of drug-likeness (QED) is 0.518. The van der Waals surface area contributed by atoms with Crippen LogP contribution in [0.5, 0.6) is 5.75 Å². The summed E-state index contributed by atoms with van der Waals surface area (Å²) in [6.07, 6.45) is 0. The van der Waals surface area contributed by atoms with E-state index in [4.69, 9.17) is 33.0 Å². The molecule has 0 amide bonds. The van der Waals surface area contributed by atoms with Crippen LogP contribution in [0, 0.1) is 0 Å². The number of halogens is 2. The second kappa shape index (κ2) is 8.80. The van der Waals surface area contributed by atoms with E-state index in [0.29, 0.717) is 28.9 Å². The van der Waals surface area contributed by atoms with Gasteiger partial charge in [-0.2, -0.15) is 0 Å². The van der Waals surface area contributed by atoms with Crippen LogP contribution in [-0.2, 0) is 13.2 Å². The van der Waals surface area contributed by atoms with E-state index in [-0.39, 0.29) is 5.56 Å². The fourth-order valence-corrected chi connectivity index (χ4v) is 2.89. The van der Waals surface area contributed by atoms with Gasteiger partial charge in [0.2, 0.25) is 0 Å². The summed E-state index contributed by atoms with van der Waals surface area (Å²) in [5.74, 6) is -0.236. The second-order valence-corrected chi connectivity index (χ2v) is 6.76. The number of hydrogen-bond acceptors (Lipinski definition) is 3. The van der Waals surface area contributed by atoms with Crippen LogP contribution in [-0.4, -0.2) is 11.1 Å². The monoisotopic (exact) mass is 401 g/mol. The van der Waals surface area contributed by atoms with Crippen molar-refractivity contribution in [3.05, 3.63) is 93.5 Å². The van der Waals surface area contributed by atoms with Crippen molar-refractivity contribution >= 4 is 34.9 Å². The summed E-state index contributed by atoms with van der Waals surface area (Å²) in [7, 11) is 0. The van der Waals surface area contributed by atoms with Crippen LogP contribution in [0.3, 0.4) is 0 Å². The van der Waals surface area contributed by atoms with E-state index in [9.17, 15) is 4.79 Å². The number of aromatic carboxylic acids is 1. The Morgan fingerprint density at radius 3 is 2.44 bits per heavy atom. The van der Waals surface area contributed by atoms with Gasteiger partial charge in [-0.3, -0.25) is 0 Å². The minimum atomic E-state index is -0.990. The lowest BCUT2D eigenvalue weighted by atomic mass is 10.1. The Kier molecular flexibility index (Phi) is 6.22. The first-order valence-corrected chi connectivity index (χ1v) is 9.00. The average Bonchev–Trinajstić information content (AvgIpc) is 2.66. The molecule has 3 aromatic rings. The van der Waals surface area contributed by atoms with Gasteiger partial charge in [-0.05, 0) is 53.6 Å². The van der Waals surface area contributed by atoms with Crippen molar-refractivity contribution in [2.75, 3.05) is 5.32 Å². The highest BCUT2D eigenvalue weighted by atomic mass is 35.5. The van der Waals surface area contributed by atoms with E-state index in [1.165, 1.54) is 12.1 Å². The van der Waals surface area contributed by atoms with Crippen LogP contribution in [0.1, 0.15) is 21.5 Å². The summed E-state index contributed by atoms with van der Waals surface area (Å²) in [5.41, 5.74) is 2.78. The Hall–Kier alpha value is -2.69. The number of ether oxygens (including phenoxy) is 1. The first-order chi connectivity index (χ1) is 13.0. The van der Waals surface area contributed by atoms with Crippen molar-refractivity contribution in [1.82, 2.24) is 0 Å². The van der Waals surface area contributed by atoms with Crippen molar-refractivity contribution in [2.24, 2.45) is 0 Å². The molecule has 0 saturated heterocycles. The Balaban J connectivity index is 1.58. The summed E-state index contributed by atoms with van der Waals surface area (Å²) in [5, 5.41) is 13.4. The van der Waals surface area contributed by atoms with E-state index in [1.807, 2.05) is 48.5 Å². The van der Waals surface area contributed by atoms with Gasteiger partial charge in [-0.1, -0.05) is 47.5 Å². The van der Waals surface area contributed by atoms with Crippen molar-refractivity contribution in [3.63, 3.8) is 0 Å². The third-order valence-corrected chi connectivity index (χ3v) is 4.48. The van der Waals surface area contributed by atoms with Crippen molar-refractivity contribution in [1.29, 1.82) is 0 Å². The first-order valence-electron chi connectivity index (χ1n) is 8.24. The minimum absolute atomic E-state index is 0.187. The van der Waals surface area contributed by atoms with E-state index in [0.717, 1.165) is 16.9 Å². The van der Waals surface area contributed by atoms with Crippen LogP contribution in [0.4, 0.5) is 5.69 Å². The van der Waals surface area contributed by atoms with Crippen LogP contribution >= 0.6 is 23.2 Å². The van der Waals surface area contributed by atoms with E-state index in [1.54, 1.807) is 6.07 Å². The van der Waals surface area contributed by atoms with Gasteiger partial charge < -0.3 is 15.2 Å². The lowest BCUT2D eigenvalue weighted by molar-refractivity contribution is 0.0697.